The van der Waals surface area contributed by atoms with Gasteiger partial charge in [-0.1, -0.05) is 24.6 Å². The third-order valence-corrected chi connectivity index (χ3v) is 2.83. The molecule has 0 aliphatic heterocycles. The van der Waals surface area contributed by atoms with Gasteiger partial charge in [-0.15, -0.1) is 0 Å². The first-order valence-corrected chi connectivity index (χ1v) is 5.46. The van der Waals surface area contributed by atoms with Crippen LogP contribution in [0.1, 0.15) is 18.1 Å². The van der Waals surface area contributed by atoms with Crippen molar-refractivity contribution in [2.24, 2.45) is 0 Å². The van der Waals surface area contributed by atoms with Gasteiger partial charge in [0, 0.05) is 0 Å². The number of hydrogen-bond acceptors (Lipinski definition) is 2. The second-order valence-corrected chi connectivity index (χ2v) is 4.33. The molecule has 0 bridgehead atoms. The van der Waals surface area contributed by atoms with Gasteiger partial charge < -0.3 is 0 Å². The van der Waals surface area contributed by atoms with E-state index in [1.54, 1.807) is 12.1 Å². The van der Waals surface area contributed by atoms with E-state index in [1.165, 1.54) is 6.07 Å². The van der Waals surface area contributed by atoms with Crippen LogP contribution in [0.25, 0.3) is 0 Å². The standard InChI is InChI=1S/C9H12O3S/c1-3-8-6-7(2)4-5-9(8)13(10,11)12/h4-6H,3H2,1-2H3,(H,10,11,12). The van der Waals surface area contributed by atoms with Crippen molar-refractivity contribution >= 4 is 10.1 Å². The van der Waals surface area contributed by atoms with Gasteiger partial charge in [-0.3, -0.25) is 4.55 Å². The summed E-state index contributed by atoms with van der Waals surface area (Å²) >= 11 is 0. The van der Waals surface area contributed by atoms with Crippen molar-refractivity contribution in [3.8, 4) is 0 Å². The van der Waals surface area contributed by atoms with Crippen molar-refractivity contribution in [3.05, 3.63) is 29.3 Å². The summed E-state index contributed by atoms with van der Waals surface area (Å²) in [5.74, 6) is 0. The van der Waals surface area contributed by atoms with Crippen molar-refractivity contribution in [1.29, 1.82) is 0 Å². The summed E-state index contributed by atoms with van der Waals surface area (Å²) in [5, 5.41) is 0. The van der Waals surface area contributed by atoms with Gasteiger partial charge in [-0.25, -0.2) is 0 Å². The van der Waals surface area contributed by atoms with E-state index in [9.17, 15) is 8.42 Å². The Bertz CT molecular complexity index is 407. The lowest BCUT2D eigenvalue weighted by Gasteiger charge is -2.05. The van der Waals surface area contributed by atoms with Gasteiger partial charge >= 0.3 is 0 Å². The van der Waals surface area contributed by atoms with Crippen LogP contribution in [0.5, 0.6) is 0 Å². The molecule has 0 saturated carbocycles. The lowest BCUT2D eigenvalue weighted by Crippen LogP contribution is -2.02. The molecule has 1 rings (SSSR count). The van der Waals surface area contributed by atoms with Crippen LogP contribution in [-0.4, -0.2) is 13.0 Å². The molecule has 0 amide bonds. The zero-order valence-electron chi connectivity index (χ0n) is 7.61. The van der Waals surface area contributed by atoms with E-state index in [0.717, 1.165) is 5.56 Å². The summed E-state index contributed by atoms with van der Waals surface area (Å²) in [5.41, 5.74) is 1.65. The summed E-state index contributed by atoms with van der Waals surface area (Å²) in [4.78, 5) is 0.0144. The van der Waals surface area contributed by atoms with Crippen LogP contribution < -0.4 is 0 Å². The zero-order valence-corrected chi connectivity index (χ0v) is 8.43. The fraction of sp³-hybridized carbons (Fsp3) is 0.333. The average molecular weight is 200 g/mol. The van der Waals surface area contributed by atoms with Gasteiger partial charge in [-0.2, -0.15) is 8.42 Å². The molecule has 0 aliphatic carbocycles. The Balaban J connectivity index is 3.39. The topological polar surface area (TPSA) is 54.4 Å². The third-order valence-electron chi connectivity index (χ3n) is 1.87. The van der Waals surface area contributed by atoms with Crippen molar-refractivity contribution < 1.29 is 13.0 Å². The number of hydrogen-bond donors (Lipinski definition) is 1. The Morgan fingerprint density at radius 2 is 2.00 bits per heavy atom. The molecule has 0 atom stereocenters. The monoisotopic (exact) mass is 200 g/mol. The highest BCUT2D eigenvalue weighted by atomic mass is 32.2. The fourth-order valence-corrected chi connectivity index (χ4v) is 2.01. The largest absolute Gasteiger partial charge is 0.294 e. The van der Waals surface area contributed by atoms with Crippen molar-refractivity contribution in [1.82, 2.24) is 0 Å². The van der Waals surface area contributed by atoms with Crippen LogP contribution in [0.3, 0.4) is 0 Å². The Labute approximate surface area is 78.2 Å². The van der Waals surface area contributed by atoms with E-state index < -0.39 is 10.1 Å². The SMILES string of the molecule is CCc1cc(C)ccc1S(=O)(=O)O. The van der Waals surface area contributed by atoms with Gasteiger partial charge in [0.25, 0.3) is 10.1 Å². The van der Waals surface area contributed by atoms with Crippen molar-refractivity contribution in [3.63, 3.8) is 0 Å². The van der Waals surface area contributed by atoms with Gasteiger partial charge in [-0.05, 0) is 25.0 Å². The predicted octanol–water partition coefficient (Wildman–Crippen LogP) is 1.80. The third kappa shape index (κ3) is 2.29. The minimum Gasteiger partial charge on any atom is -0.282 e. The Morgan fingerprint density at radius 3 is 2.46 bits per heavy atom. The van der Waals surface area contributed by atoms with E-state index >= 15 is 0 Å². The van der Waals surface area contributed by atoms with Gasteiger partial charge in [0.05, 0.1) is 4.90 Å². The van der Waals surface area contributed by atoms with Crippen molar-refractivity contribution in [2.75, 3.05) is 0 Å². The predicted molar refractivity (Wildman–Crippen MR) is 50.4 cm³/mol. The lowest BCUT2D eigenvalue weighted by atomic mass is 10.1. The van der Waals surface area contributed by atoms with E-state index in [4.69, 9.17) is 4.55 Å². The maximum Gasteiger partial charge on any atom is 0.294 e. The minimum atomic E-state index is -4.06. The van der Waals surface area contributed by atoms with Gasteiger partial charge in [0.2, 0.25) is 0 Å². The summed E-state index contributed by atoms with van der Waals surface area (Å²) in [6.45, 7) is 3.73. The number of rotatable bonds is 2. The van der Waals surface area contributed by atoms with Gasteiger partial charge in [0.1, 0.15) is 0 Å². The molecule has 72 valence electrons. The number of benzene rings is 1. The highest BCUT2D eigenvalue weighted by Gasteiger charge is 2.13. The van der Waals surface area contributed by atoms with Crippen LogP contribution >= 0.6 is 0 Å². The lowest BCUT2D eigenvalue weighted by molar-refractivity contribution is 0.482. The van der Waals surface area contributed by atoms with Crippen LogP contribution in [0.2, 0.25) is 0 Å². The minimum absolute atomic E-state index is 0.0144. The first-order chi connectivity index (χ1) is 5.95. The Morgan fingerprint density at radius 1 is 1.38 bits per heavy atom. The molecule has 0 saturated heterocycles. The molecule has 0 unspecified atom stereocenters. The van der Waals surface area contributed by atoms with Gasteiger partial charge in [0.15, 0.2) is 0 Å². The number of aryl methyl sites for hydroxylation is 2. The average Bonchev–Trinajstić information content (AvgIpc) is 2.01. The fourth-order valence-electron chi connectivity index (χ4n) is 1.24. The van der Waals surface area contributed by atoms with Crippen LogP contribution in [0.4, 0.5) is 0 Å². The van der Waals surface area contributed by atoms with E-state index in [-0.39, 0.29) is 4.90 Å². The molecular formula is C9H12O3S. The molecule has 1 aromatic carbocycles. The molecule has 4 heteroatoms. The van der Waals surface area contributed by atoms with Crippen LogP contribution in [0, 0.1) is 6.92 Å². The second kappa shape index (κ2) is 3.47. The molecule has 0 spiro atoms. The molecule has 1 aromatic rings. The van der Waals surface area contributed by atoms with Crippen LogP contribution in [-0.2, 0) is 16.5 Å². The van der Waals surface area contributed by atoms with E-state index in [1.807, 2.05) is 13.8 Å². The first-order valence-electron chi connectivity index (χ1n) is 4.02. The van der Waals surface area contributed by atoms with E-state index in [2.05, 4.69) is 0 Å². The molecule has 13 heavy (non-hydrogen) atoms. The van der Waals surface area contributed by atoms with E-state index in [0.29, 0.717) is 12.0 Å². The molecule has 0 aliphatic rings. The second-order valence-electron chi connectivity index (χ2n) is 2.94. The molecule has 0 heterocycles. The quantitative estimate of drug-likeness (QED) is 0.741. The Kier molecular flexibility index (Phi) is 2.73. The molecule has 3 nitrogen and oxygen atoms in total. The maximum atomic E-state index is 10.9. The summed E-state index contributed by atoms with van der Waals surface area (Å²) < 4.78 is 30.6. The summed E-state index contributed by atoms with van der Waals surface area (Å²) in [6, 6.07) is 4.87. The summed E-state index contributed by atoms with van der Waals surface area (Å²) in [7, 11) is -4.06. The molecule has 0 aromatic heterocycles. The molecule has 1 N–H and O–H groups in total. The Hall–Kier alpha value is -0.870. The highest BCUT2D eigenvalue weighted by molar-refractivity contribution is 7.85. The smallest absolute Gasteiger partial charge is 0.282 e. The van der Waals surface area contributed by atoms with Crippen LogP contribution in [0.15, 0.2) is 23.1 Å². The molecule has 0 fully saturated rings. The molecule has 0 radical (unpaired) electrons. The summed E-state index contributed by atoms with van der Waals surface area (Å²) in [6.07, 6.45) is 0.594. The van der Waals surface area contributed by atoms with Crippen molar-refractivity contribution in [2.45, 2.75) is 25.2 Å². The first kappa shape index (κ1) is 10.2. The highest BCUT2D eigenvalue weighted by Crippen LogP contribution is 2.17. The maximum absolute atomic E-state index is 10.9. The zero-order chi connectivity index (χ0) is 10.1. The molecular weight excluding hydrogens is 188 g/mol. The normalized spacial score (nSPS) is 11.6.